The van der Waals surface area contributed by atoms with Gasteiger partial charge in [-0.1, -0.05) is 13.8 Å². The van der Waals surface area contributed by atoms with E-state index in [0.717, 1.165) is 35.0 Å². The molecule has 0 aliphatic rings. The third-order valence-electron chi connectivity index (χ3n) is 3.77. The molecule has 0 saturated carbocycles. The fourth-order valence-electron chi connectivity index (χ4n) is 2.51. The Morgan fingerprint density at radius 1 is 1.35 bits per heavy atom. The Bertz CT molecular complexity index is 614. The summed E-state index contributed by atoms with van der Waals surface area (Å²) in [5, 5.41) is 3.81. The molecular weight excluding hydrogens is 255 g/mol. The number of aromatic nitrogens is 1. The number of hydrogen-bond donors (Lipinski definition) is 2. The van der Waals surface area contributed by atoms with Gasteiger partial charge in [0.15, 0.2) is 0 Å². The van der Waals surface area contributed by atoms with Crippen LogP contribution in [0.2, 0.25) is 0 Å². The van der Waals surface area contributed by atoms with Crippen LogP contribution < -0.4 is 5.32 Å². The predicted octanol–water partition coefficient (Wildman–Crippen LogP) is 3.46. The molecule has 108 valence electrons. The summed E-state index contributed by atoms with van der Waals surface area (Å²) >= 11 is 0. The standard InChI is InChI=1S/C16H21FN2O/c1-4-12(5-2)19-16(20)9-13-10(3)18-15-7-6-11(17)8-14(13)15/h6-8,12,18H,4-5,9H2,1-3H3,(H,19,20). The molecule has 0 unspecified atom stereocenters. The van der Waals surface area contributed by atoms with Gasteiger partial charge in [-0.25, -0.2) is 4.39 Å². The monoisotopic (exact) mass is 276 g/mol. The first-order valence-electron chi connectivity index (χ1n) is 7.11. The van der Waals surface area contributed by atoms with E-state index in [1.165, 1.54) is 12.1 Å². The maximum absolute atomic E-state index is 13.4. The molecule has 2 N–H and O–H groups in total. The van der Waals surface area contributed by atoms with E-state index in [9.17, 15) is 9.18 Å². The zero-order chi connectivity index (χ0) is 14.7. The zero-order valence-electron chi connectivity index (χ0n) is 12.2. The lowest BCUT2D eigenvalue weighted by molar-refractivity contribution is -0.121. The highest BCUT2D eigenvalue weighted by Crippen LogP contribution is 2.23. The van der Waals surface area contributed by atoms with Gasteiger partial charge in [0.05, 0.1) is 6.42 Å². The summed E-state index contributed by atoms with van der Waals surface area (Å²) in [6, 6.07) is 4.83. The van der Waals surface area contributed by atoms with Gasteiger partial charge in [0, 0.05) is 22.6 Å². The van der Waals surface area contributed by atoms with Crippen molar-refractivity contribution in [2.24, 2.45) is 0 Å². The molecule has 1 heterocycles. The highest BCUT2D eigenvalue weighted by atomic mass is 19.1. The second-order valence-corrected chi connectivity index (χ2v) is 5.18. The average Bonchev–Trinajstić information content (AvgIpc) is 2.72. The highest BCUT2D eigenvalue weighted by Gasteiger charge is 2.15. The van der Waals surface area contributed by atoms with Gasteiger partial charge in [0.1, 0.15) is 5.82 Å². The van der Waals surface area contributed by atoms with Gasteiger partial charge < -0.3 is 10.3 Å². The second-order valence-electron chi connectivity index (χ2n) is 5.18. The predicted molar refractivity (Wildman–Crippen MR) is 79.2 cm³/mol. The number of halogens is 1. The van der Waals surface area contributed by atoms with Crippen LogP contribution in [0.5, 0.6) is 0 Å². The average molecular weight is 276 g/mol. The summed E-state index contributed by atoms with van der Waals surface area (Å²) < 4.78 is 13.4. The Labute approximate surface area is 118 Å². The van der Waals surface area contributed by atoms with Crippen molar-refractivity contribution in [1.29, 1.82) is 0 Å². The van der Waals surface area contributed by atoms with Crippen molar-refractivity contribution in [3.8, 4) is 0 Å². The van der Waals surface area contributed by atoms with Gasteiger partial charge in [-0.3, -0.25) is 4.79 Å². The van der Waals surface area contributed by atoms with E-state index in [1.807, 2.05) is 6.92 Å². The molecule has 0 fully saturated rings. The van der Waals surface area contributed by atoms with Crippen molar-refractivity contribution < 1.29 is 9.18 Å². The molecule has 0 radical (unpaired) electrons. The largest absolute Gasteiger partial charge is 0.358 e. The Hall–Kier alpha value is -1.84. The number of hydrogen-bond acceptors (Lipinski definition) is 1. The van der Waals surface area contributed by atoms with Crippen molar-refractivity contribution in [2.75, 3.05) is 0 Å². The van der Waals surface area contributed by atoms with E-state index >= 15 is 0 Å². The zero-order valence-corrected chi connectivity index (χ0v) is 12.2. The van der Waals surface area contributed by atoms with E-state index < -0.39 is 0 Å². The molecule has 1 aromatic heterocycles. The molecular formula is C16H21FN2O. The molecule has 1 amide bonds. The molecule has 0 spiro atoms. The Morgan fingerprint density at radius 2 is 2.05 bits per heavy atom. The number of carbonyl (C=O) groups excluding carboxylic acids is 1. The summed E-state index contributed by atoms with van der Waals surface area (Å²) in [7, 11) is 0. The number of nitrogens with one attached hydrogen (secondary N) is 2. The van der Waals surface area contributed by atoms with E-state index in [0.29, 0.717) is 0 Å². The van der Waals surface area contributed by atoms with Crippen molar-refractivity contribution in [2.45, 2.75) is 46.1 Å². The lowest BCUT2D eigenvalue weighted by Gasteiger charge is -2.14. The maximum Gasteiger partial charge on any atom is 0.224 e. The van der Waals surface area contributed by atoms with Crippen molar-refractivity contribution in [3.05, 3.63) is 35.3 Å². The molecule has 0 atom stereocenters. The number of carbonyl (C=O) groups is 1. The lowest BCUT2D eigenvalue weighted by Crippen LogP contribution is -2.34. The first-order chi connectivity index (χ1) is 9.55. The fraction of sp³-hybridized carbons (Fsp3) is 0.438. The molecule has 0 bridgehead atoms. The van der Waals surface area contributed by atoms with Gasteiger partial charge >= 0.3 is 0 Å². The van der Waals surface area contributed by atoms with Gasteiger partial charge in [-0.2, -0.15) is 0 Å². The quantitative estimate of drug-likeness (QED) is 0.863. The number of aryl methyl sites for hydroxylation is 1. The molecule has 4 heteroatoms. The first kappa shape index (κ1) is 14.6. The topological polar surface area (TPSA) is 44.9 Å². The number of aromatic amines is 1. The van der Waals surface area contributed by atoms with E-state index in [4.69, 9.17) is 0 Å². The van der Waals surface area contributed by atoms with Crippen LogP contribution in [0, 0.1) is 12.7 Å². The fourth-order valence-corrected chi connectivity index (χ4v) is 2.51. The summed E-state index contributed by atoms with van der Waals surface area (Å²) in [6.45, 7) is 6.03. The highest BCUT2D eigenvalue weighted by molar-refractivity contribution is 5.90. The van der Waals surface area contributed by atoms with Crippen LogP contribution in [0.25, 0.3) is 10.9 Å². The minimum absolute atomic E-state index is 0.00744. The number of H-pyrrole nitrogens is 1. The number of rotatable bonds is 5. The molecule has 0 aliphatic carbocycles. The molecule has 20 heavy (non-hydrogen) atoms. The third kappa shape index (κ3) is 3.00. The number of fused-ring (bicyclic) bond motifs is 1. The smallest absolute Gasteiger partial charge is 0.224 e. The SMILES string of the molecule is CCC(CC)NC(=O)Cc1c(C)[nH]c2ccc(F)cc12. The first-order valence-corrected chi connectivity index (χ1v) is 7.11. The summed E-state index contributed by atoms with van der Waals surface area (Å²) in [4.78, 5) is 15.3. The molecule has 0 saturated heterocycles. The summed E-state index contributed by atoms with van der Waals surface area (Å²) in [5.41, 5.74) is 2.67. The molecule has 1 aromatic carbocycles. The normalized spacial score (nSPS) is 11.2. The van der Waals surface area contributed by atoms with Crippen molar-refractivity contribution in [1.82, 2.24) is 10.3 Å². The Morgan fingerprint density at radius 3 is 2.70 bits per heavy atom. The minimum atomic E-state index is -0.279. The molecule has 2 rings (SSSR count). The van der Waals surface area contributed by atoms with E-state index in [1.54, 1.807) is 6.07 Å². The van der Waals surface area contributed by atoms with Crippen molar-refractivity contribution in [3.63, 3.8) is 0 Å². The number of benzene rings is 1. The van der Waals surface area contributed by atoms with Crippen LogP contribution in [-0.2, 0) is 11.2 Å². The van der Waals surface area contributed by atoms with E-state index in [2.05, 4.69) is 24.1 Å². The van der Waals surface area contributed by atoms with Gasteiger partial charge in [-0.05, 0) is 43.5 Å². The Balaban J connectivity index is 2.22. The van der Waals surface area contributed by atoms with Gasteiger partial charge in [-0.15, -0.1) is 0 Å². The van der Waals surface area contributed by atoms with Crippen LogP contribution in [0.1, 0.15) is 37.9 Å². The van der Waals surface area contributed by atoms with Crippen LogP contribution in [0.4, 0.5) is 4.39 Å². The van der Waals surface area contributed by atoms with Gasteiger partial charge in [0.25, 0.3) is 0 Å². The van der Waals surface area contributed by atoms with E-state index in [-0.39, 0.29) is 24.2 Å². The summed E-state index contributed by atoms with van der Waals surface area (Å²) in [5.74, 6) is -0.287. The summed E-state index contributed by atoms with van der Waals surface area (Å²) in [6.07, 6.45) is 2.12. The lowest BCUT2D eigenvalue weighted by atomic mass is 10.1. The van der Waals surface area contributed by atoms with Crippen LogP contribution >= 0.6 is 0 Å². The van der Waals surface area contributed by atoms with Crippen molar-refractivity contribution >= 4 is 16.8 Å². The maximum atomic E-state index is 13.4. The number of amides is 1. The molecule has 3 nitrogen and oxygen atoms in total. The molecule has 2 aromatic rings. The van der Waals surface area contributed by atoms with Crippen LogP contribution in [0.3, 0.4) is 0 Å². The second kappa shape index (κ2) is 6.07. The molecule has 0 aliphatic heterocycles. The Kier molecular flexibility index (Phi) is 4.42. The van der Waals surface area contributed by atoms with Crippen LogP contribution in [0.15, 0.2) is 18.2 Å². The van der Waals surface area contributed by atoms with Crippen LogP contribution in [-0.4, -0.2) is 16.9 Å². The third-order valence-corrected chi connectivity index (χ3v) is 3.77. The van der Waals surface area contributed by atoms with Gasteiger partial charge in [0.2, 0.25) is 5.91 Å². The minimum Gasteiger partial charge on any atom is -0.358 e.